The molecule has 0 aromatic heterocycles. The van der Waals surface area contributed by atoms with Crippen molar-refractivity contribution in [2.24, 2.45) is 17.3 Å². The third kappa shape index (κ3) is 8.26. The number of carbonyl (C=O) groups is 4. The number of amides is 4. The Bertz CT molecular complexity index is 839. The van der Waals surface area contributed by atoms with E-state index in [1.165, 1.54) is 4.90 Å². The summed E-state index contributed by atoms with van der Waals surface area (Å²) in [6.45, 7) is 11.5. The molecule has 2 fully saturated rings. The van der Waals surface area contributed by atoms with Gasteiger partial charge in [0.15, 0.2) is 0 Å². The van der Waals surface area contributed by atoms with Crippen molar-refractivity contribution in [3.8, 4) is 0 Å². The van der Waals surface area contributed by atoms with Crippen molar-refractivity contribution in [3.63, 3.8) is 0 Å². The molecule has 37 heavy (non-hydrogen) atoms. The van der Waals surface area contributed by atoms with E-state index in [4.69, 9.17) is 0 Å². The van der Waals surface area contributed by atoms with E-state index < -0.39 is 60.2 Å². The molecule has 4 N–H and O–H groups in total. The van der Waals surface area contributed by atoms with E-state index in [9.17, 15) is 33.1 Å². The Hall–Kier alpha value is -2.46. The normalized spacial score (nSPS) is 23.5. The van der Waals surface area contributed by atoms with Crippen LogP contribution >= 0.6 is 0 Å². The average Bonchev–Trinajstić information content (AvgIpc) is 3.21. The van der Waals surface area contributed by atoms with E-state index in [1.807, 2.05) is 41.5 Å². The fraction of sp³-hybridized carbons (Fsp3) is 0.846. The first-order chi connectivity index (χ1) is 17.1. The van der Waals surface area contributed by atoms with Gasteiger partial charge in [-0.1, -0.05) is 53.9 Å². The highest BCUT2D eigenvalue weighted by molar-refractivity contribution is 5.94. The molecule has 0 bridgehead atoms. The molecule has 0 radical (unpaired) electrons. The van der Waals surface area contributed by atoms with E-state index in [1.54, 1.807) is 0 Å². The molecular weight excluding hydrogens is 486 g/mol. The summed E-state index contributed by atoms with van der Waals surface area (Å²) in [6.07, 6.45) is 1.41. The number of hydrogen-bond donors (Lipinski definition) is 4. The molecular formula is C26H44F2N4O5. The molecule has 4 atom stereocenters. The van der Waals surface area contributed by atoms with Crippen LogP contribution in [0.25, 0.3) is 0 Å². The number of aliphatic carboxylic acids is 1. The predicted octanol–water partition coefficient (Wildman–Crippen LogP) is 3.52. The van der Waals surface area contributed by atoms with Crippen molar-refractivity contribution in [1.29, 1.82) is 0 Å². The Labute approximate surface area is 218 Å². The van der Waals surface area contributed by atoms with Crippen LogP contribution in [0.2, 0.25) is 0 Å². The Morgan fingerprint density at radius 2 is 1.65 bits per heavy atom. The van der Waals surface area contributed by atoms with Gasteiger partial charge < -0.3 is 26.0 Å². The SMILES string of the molecule is CC(C)[C@H]1CCN(C(=O)[C@@H](NC(=O)NC2(C)CCCCC2)C(C)(C)C)[C@@H]1C(=O)NC(CC(F)F)C(=O)O. The van der Waals surface area contributed by atoms with Crippen molar-refractivity contribution >= 4 is 23.8 Å². The minimum Gasteiger partial charge on any atom is -0.480 e. The Morgan fingerprint density at radius 3 is 2.14 bits per heavy atom. The summed E-state index contributed by atoms with van der Waals surface area (Å²) in [4.78, 5) is 53.0. The van der Waals surface area contributed by atoms with Crippen LogP contribution in [0.1, 0.15) is 86.5 Å². The van der Waals surface area contributed by atoms with Crippen molar-refractivity contribution in [2.75, 3.05) is 6.54 Å². The second kappa shape index (κ2) is 12.4. The molecule has 1 unspecified atom stereocenters. The molecule has 11 heteroatoms. The van der Waals surface area contributed by atoms with Gasteiger partial charge in [-0.15, -0.1) is 0 Å². The standard InChI is InChI=1S/C26H44F2N4O5/c1-15(2)16-10-13-32(19(16)21(33)29-17(23(35)36)14-18(27)28)22(34)20(25(3,4)5)30-24(37)31-26(6)11-8-7-9-12-26/h15-20H,7-14H2,1-6H3,(H,29,33)(H,35,36)(H2,30,31,37)/t16-,17?,19+,20-/m1/s1. The summed E-state index contributed by atoms with van der Waals surface area (Å²) in [7, 11) is 0. The average molecular weight is 531 g/mol. The lowest BCUT2D eigenvalue weighted by atomic mass is 9.83. The first-order valence-corrected chi connectivity index (χ1v) is 13.3. The second-order valence-electron chi connectivity index (χ2n) is 12.2. The number of nitrogens with zero attached hydrogens (tertiary/aromatic N) is 1. The summed E-state index contributed by atoms with van der Waals surface area (Å²) in [5.41, 5.74) is -1.05. The van der Waals surface area contributed by atoms with Gasteiger partial charge in [-0.25, -0.2) is 18.4 Å². The van der Waals surface area contributed by atoms with Crippen molar-refractivity contribution in [1.82, 2.24) is 20.9 Å². The minimum atomic E-state index is -2.91. The zero-order valence-corrected chi connectivity index (χ0v) is 22.9. The molecule has 2 aliphatic rings. The number of carbonyl (C=O) groups excluding carboxylic acids is 3. The van der Waals surface area contributed by atoms with Gasteiger partial charge in [-0.2, -0.15) is 0 Å². The van der Waals surface area contributed by atoms with Crippen molar-refractivity contribution in [3.05, 3.63) is 0 Å². The van der Waals surface area contributed by atoms with Gasteiger partial charge in [0.25, 0.3) is 0 Å². The number of likely N-dealkylation sites (tertiary alicyclic amines) is 1. The number of carboxylic acid groups (broad SMARTS) is 1. The summed E-state index contributed by atoms with van der Waals surface area (Å²) >= 11 is 0. The van der Waals surface area contributed by atoms with Crippen LogP contribution in [-0.2, 0) is 14.4 Å². The van der Waals surface area contributed by atoms with Crippen LogP contribution in [0.5, 0.6) is 0 Å². The third-order valence-electron chi connectivity index (χ3n) is 7.64. The van der Waals surface area contributed by atoms with Gasteiger partial charge in [-0.05, 0) is 43.4 Å². The molecule has 1 heterocycles. The lowest BCUT2D eigenvalue weighted by Crippen LogP contribution is -2.62. The van der Waals surface area contributed by atoms with E-state index >= 15 is 0 Å². The quantitative estimate of drug-likeness (QED) is 0.363. The molecule has 1 saturated carbocycles. The van der Waals surface area contributed by atoms with Gasteiger partial charge in [0.05, 0.1) is 0 Å². The number of halogens is 2. The maximum Gasteiger partial charge on any atom is 0.326 e. The molecule has 0 aromatic rings. The highest BCUT2D eigenvalue weighted by atomic mass is 19.3. The highest BCUT2D eigenvalue weighted by Gasteiger charge is 2.47. The summed E-state index contributed by atoms with van der Waals surface area (Å²) in [5, 5.41) is 17.4. The van der Waals surface area contributed by atoms with Crippen molar-refractivity contribution < 1.29 is 33.1 Å². The lowest BCUT2D eigenvalue weighted by molar-refractivity contribution is -0.146. The van der Waals surface area contributed by atoms with Crippen LogP contribution in [-0.4, -0.2) is 70.5 Å². The fourth-order valence-electron chi connectivity index (χ4n) is 5.47. The first kappa shape index (κ1) is 30.8. The smallest absolute Gasteiger partial charge is 0.326 e. The van der Waals surface area contributed by atoms with Gasteiger partial charge in [-0.3, -0.25) is 9.59 Å². The van der Waals surface area contributed by atoms with Crippen LogP contribution in [0.3, 0.4) is 0 Å². The van der Waals surface area contributed by atoms with E-state index in [0.29, 0.717) is 6.42 Å². The topological polar surface area (TPSA) is 128 Å². The Morgan fingerprint density at radius 1 is 1.05 bits per heavy atom. The number of nitrogens with one attached hydrogen (secondary N) is 3. The van der Waals surface area contributed by atoms with Crippen LogP contribution < -0.4 is 16.0 Å². The molecule has 0 aromatic carbocycles. The molecule has 2 rings (SSSR count). The van der Waals surface area contributed by atoms with Crippen LogP contribution in [0, 0.1) is 17.3 Å². The fourth-order valence-corrected chi connectivity index (χ4v) is 5.47. The zero-order valence-electron chi connectivity index (χ0n) is 22.9. The number of alkyl halides is 2. The highest BCUT2D eigenvalue weighted by Crippen LogP contribution is 2.34. The van der Waals surface area contributed by atoms with Crippen LogP contribution in [0.4, 0.5) is 13.6 Å². The monoisotopic (exact) mass is 530 g/mol. The summed E-state index contributed by atoms with van der Waals surface area (Å²) in [6, 6.07) is -4.22. The molecule has 1 aliphatic heterocycles. The van der Waals surface area contributed by atoms with E-state index in [-0.39, 0.29) is 23.9 Å². The van der Waals surface area contributed by atoms with Crippen molar-refractivity contribution in [2.45, 2.75) is 117 Å². The number of urea groups is 1. The maximum atomic E-state index is 13.8. The Balaban J connectivity index is 2.26. The number of rotatable bonds is 9. The third-order valence-corrected chi connectivity index (χ3v) is 7.64. The van der Waals surface area contributed by atoms with Crippen LogP contribution in [0.15, 0.2) is 0 Å². The van der Waals surface area contributed by atoms with E-state index in [2.05, 4.69) is 16.0 Å². The van der Waals surface area contributed by atoms with E-state index in [0.717, 1.165) is 32.1 Å². The number of carboxylic acids is 1. The summed E-state index contributed by atoms with van der Waals surface area (Å²) < 4.78 is 25.8. The maximum absolute atomic E-state index is 13.8. The van der Waals surface area contributed by atoms with Gasteiger partial charge in [0, 0.05) is 18.5 Å². The second-order valence-corrected chi connectivity index (χ2v) is 12.2. The van der Waals surface area contributed by atoms with Gasteiger partial charge in [0.2, 0.25) is 18.2 Å². The zero-order chi connectivity index (χ0) is 28.1. The largest absolute Gasteiger partial charge is 0.480 e. The predicted molar refractivity (Wildman–Crippen MR) is 135 cm³/mol. The summed E-state index contributed by atoms with van der Waals surface area (Å²) in [5.74, 6) is -3.11. The van der Waals surface area contributed by atoms with Gasteiger partial charge >= 0.3 is 12.0 Å². The van der Waals surface area contributed by atoms with Gasteiger partial charge in [0.1, 0.15) is 18.1 Å². The number of hydrogen-bond acceptors (Lipinski definition) is 4. The molecule has 0 spiro atoms. The molecule has 212 valence electrons. The minimum absolute atomic E-state index is 0.0254. The first-order valence-electron chi connectivity index (χ1n) is 13.3. The molecule has 4 amide bonds. The Kier molecular flexibility index (Phi) is 10.3. The lowest BCUT2D eigenvalue weighted by Gasteiger charge is -2.39. The molecule has 1 aliphatic carbocycles. The molecule has 9 nitrogen and oxygen atoms in total. The molecule has 1 saturated heterocycles.